The first-order valence-electron chi connectivity index (χ1n) is 7.67. The molecule has 0 aliphatic carbocycles. The average Bonchev–Trinajstić information content (AvgIpc) is 3.17. The zero-order valence-corrected chi connectivity index (χ0v) is 16.6. The van der Waals surface area contributed by atoms with Crippen molar-refractivity contribution in [1.82, 2.24) is 15.8 Å². The van der Waals surface area contributed by atoms with Gasteiger partial charge in [-0.15, -0.1) is 24.0 Å². The molecule has 24 heavy (non-hydrogen) atoms. The second kappa shape index (κ2) is 11.1. The molecular formula is C16H25IN4O3. The van der Waals surface area contributed by atoms with E-state index >= 15 is 0 Å². The summed E-state index contributed by atoms with van der Waals surface area (Å²) in [6, 6.07) is 3.76. The molecule has 2 heterocycles. The molecule has 0 fully saturated rings. The Hall–Kier alpha value is -1.55. The van der Waals surface area contributed by atoms with Crippen molar-refractivity contribution in [2.75, 3.05) is 20.2 Å². The van der Waals surface area contributed by atoms with Crippen molar-refractivity contribution in [3.05, 3.63) is 41.2 Å². The molecule has 0 aliphatic heterocycles. The molecule has 2 aromatic heterocycles. The minimum atomic E-state index is 0. The van der Waals surface area contributed by atoms with E-state index in [0.29, 0.717) is 19.8 Å². The molecule has 0 amide bonds. The summed E-state index contributed by atoms with van der Waals surface area (Å²) >= 11 is 0. The number of ether oxygens (including phenoxy) is 1. The second-order valence-electron chi connectivity index (χ2n) is 5.14. The van der Waals surface area contributed by atoms with Gasteiger partial charge in [-0.2, -0.15) is 0 Å². The van der Waals surface area contributed by atoms with Crippen LogP contribution in [0.5, 0.6) is 0 Å². The number of rotatable bonds is 8. The molecule has 0 atom stereocenters. The van der Waals surface area contributed by atoms with Crippen LogP contribution in [0.1, 0.15) is 29.2 Å². The lowest BCUT2D eigenvalue weighted by molar-refractivity contribution is 0.105. The highest BCUT2D eigenvalue weighted by Gasteiger charge is 2.09. The number of hydrogen-bond donors (Lipinski definition) is 2. The van der Waals surface area contributed by atoms with Crippen LogP contribution in [0.2, 0.25) is 0 Å². The van der Waals surface area contributed by atoms with Gasteiger partial charge in [0.15, 0.2) is 5.96 Å². The van der Waals surface area contributed by atoms with Gasteiger partial charge in [0.1, 0.15) is 18.1 Å². The lowest BCUT2D eigenvalue weighted by Crippen LogP contribution is -2.37. The van der Waals surface area contributed by atoms with Crippen LogP contribution in [0.25, 0.3) is 0 Å². The van der Waals surface area contributed by atoms with Crippen LogP contribution in [0.15, 0.2) is 32.3 Å². The molecule has 134 valence electrons. The first-order valence-corrected chi connectivity index (χ1v) is 7.67. The number of aromatic nitrogens is 1. The van der Waals surface area contributed by atoms with Crippen LogP contribution in [-0.4, -0.2) is 31.3 Å². The highest BCUT2D eigenvalue weighted by atomic mass is 127. The van der Waals surface area contributed by atoms with Gasteiger partial charge in [-0.3, -0.25) is 4.99 Å². The summed E-state index contributed by atoms with van der Waals surface area (Å²) < 4.78 is 15.9. The third-order valence-corrected chi connectivity index (χ3v) is 3.42. The maximum Gasteiger partial charge on any atom is 0.191 e. The molecule has 7 nitrogen and oxygen atoms in total. The predicted molar refractivity (Wildman–Crippen MR) is 103 cm³/mol. The topological polar surface area (TPSA) is 84.8 Å². The van der Waals surface area contributed by atoms with Crippen molar-refractivity contribution in [2.45, 2.75) is 33.4 Å². The van der Waals surface area contributed by atoms with Gasteiger partial charge >= 0.3 is 0 Å². The molecule has 0 spiro atoms. The molecule has 2 rings (SSSR count). The molecule has 0 aliphatic rings. The summed E-state index contributed by atoms with van der Waals surface area (Å²) in [4.78, 5) is 4.19. The number of furan rings is 1. The van der Waals surface area contributed by atoms with Crippen molar-refractivity contribution < 1.29 is 13.7 Å². The molecule has 8 heteroatoms. The van der Waals surface area contributed by atoms with Crippen LogP contribution in [0, 0.1) is 13.8 Å². The number of nitrogens with zero attached hydrogens (tertiary/aromatic N) is 2. The maximum atomic E-state index is 5.53. The van der Waals surface area contributed by atoms with E-state index in [-0.39, 0.29) is 24.0 Å². The third-order valence-electron chi connectivity index (χ3n) is 3.42. The smallest absolute Gasteiger partial charge is 0.191 e. The minimum Gasteiger partial charge on any atom is -0.467 e. The van der Waals surface area contributed by atoms with Crippen LogP contribution in [-0.2, 0) is 17.9 Å². The van der Waals surface area contributed by atoms with Crippen LogP contribution < -0.4 is 10.6 Å². The minimum absolute atomic E-state index is 0. The Kier molecular flexibility index (Phi) is 9.46. The molecule has 0 bridgehead atoms. The number of halogens is 1. The predicted octanol–water partition coefficient (Wildman–Crippen LogP) is 2.77. The number of hydrogen-bond acceptors (Lipinski definition) is 5. The Bertz CT molecular complexity index is 591. The highest BCUT2D eigenvalue weighted by Crippen LogP contribution is 2.11. The van der Waals surface area contributed by atoms with Crippen LogP contribution in [0.3, 0.4) is 0 Å². The monoisotopic (exact) mass is 448 g/mol. The summed E-state index contributed by atoms with van der Waals surface area (Å²) in [5, 5.41) is 10.4. The molecule has 0 radical (unpaired) electrons. The van der Waals surface area contributed by atoms with Crippen molar-refractivity contribution in [1.29, 1.82) is 0 Å². The van der Waals surface area contributed by atoms with E-state index in [1.807, 2.05) is 26.0 Å². The van der Waals surface area contributed by atoms with Crippen molar-refractivity contribution in [3.8, 4) is 0 Å². The van der Waals surface area contributed by atoms with E-state index in [2.05, 4.69) is 20.8 Å². The van der Waals surface area contributed by atoms with Crippen molar-refractivity contribution >= 4 is 29.9 Å². The van der Waals surface area contributed by atoms with Gasteiger partial charge in [0.25, 0.3) is 0 Å². The van der Waals surface area contributed by atoms with E-state index in [0.717, 1.165) is 41.7 Å². The molecule has 2 aromatic rings. The SMILES string of the molecule is CN=C(NCCCOCc1ccco1)NCc1c(C)noc1C.I. The molecular weight excluding hydrogens is 423 g/mol. The third kappa shape index (κ3) is 6.52. The fourth-order valence-electron chi connectivity index (χ4n) is 2.10. The van der Waals surface area contributed by atoms with E-state index < -0.39 is 0 Å². The average molecular weight is 448 g/mol. The Morgan fingerprint density at radius 1 is 1.33 bits per heavy atom. The van der Waals surface area contributed by atoms with Gasteiger partial charge in [0.05, 0.1) is 12.0 Å². The zero-order chi connectivity index (χ0) is 16.5. The normalized spacial score (nSPS) is 11.2. The van der Waals surface area contributed by atoms with Crippen LogP contribution >= 0.6 is 24.0 Å². The summed E-state index contributed by atoms with van der Waals surface area (Å²) in [7, 11) is 1.75. The molecule has 2 N–H and O–H groups in total. The van der Waals surface area contributed by atoms with Gasteiger partial charge in [-0.1, -0.05) is 5.16 Å². The summed E-state index contributed by atoms with van der Waals surface area (Å²) in [5.41, 5.74) is 1.96. The molecule has 0 unspecified atom stereocenters. The first-order chi connectivity index (χ1) is 11.2. The van der Waals surface area contributed by atoms with E-state index in [4.69, 9.17) is 13.7 Å². The first kappa shape index (κ1) is 20.5. The fourth-order valence-corrected chi connectivity index (χ4v) is 2.10. The lowest BCUT2D eigenvalue weighted by Gasteiger charge is -2.11. The van der Waals surface area contributed by atoms with Crippen molar-refractivity contribution in [3.63, 3.8) is 0 Å². The second-order valence-corrected chi connectivity index (χ2v) is 5.14. The summed E-state index contributed by atoms with van der Waals surface area (Å²) in [6.45, 7) is 6.42. The van der Waals surface area contributed by atoms with Gasteiger partial charge in [-0.05, 0) is 32.4 Å². The Morgan fingerprint density at radius 2 is 2.17 bits per heavy atom. The van der Waals surface area contributed by atoms with E-state index in [9.17, 15) is 0 Å². The maximum absolute atomic E-state index is 5.53. The highest BCUT2D eigenvalue weighted by molar-refractivity contribution is 14.0. The quantitative estimate of drug-likeness (QED) is 0.280. The Balaban J connectivity index is 0.00000288. The number of aryl methyl sites for hydroxylation is 2. The van der Waals surface area contributed by atoms with Crippen LogP contribution in [0.4, 0.5) is 0 Å². The lowest BCUT2D eigenvalue weighted by atomic mass is 10.2. The molecule has 0 aromatic carbocycles. The standard InChI is InChI=1S/C16H24N4O3.HI/c1-12-15(13(2)23-20-12)10-19-16(17-3)18-7-5-8-21-11-14-6-4-9-22-14;/h4,6,9H,5,7-8,10-11H2,1-3H3,(H2,17,18,19);1H. The number of aliphatic imine (C=N–C) groups is 1. The Morgan fingerprint density at radius 3 is 2.79 bits per heavy atom. The largest absolute Gasteiger partial charge is 0.467 e. The summed E-state index contributed by atoms with van der Waals surface area (Å²) in [6.07, 6.45) is 2.53. The molecule has 0 saturated heterocycles. The van der Waals surface area contributed by atoms with Gasteiger partial charge in [-0.25, -0.2) is 0 Å². The van der Waals surface area contributed by atoms with Gasteiger partial charge < -0.3 is 24.3 Å². The zero-order valence-electron chi connectivity index (χ0n) is 14.3. The van der Waals surface area contributed by atoms with E-state index in [1.54, 1.807) is 13.3 Å². The number of nitrogens with one attached hydrogen (secondary N) is 2. The summed E-state index contributed by atoms with van der Waals surface area (Å²) in [5.74, 6) is 2.42. The Labute approximate surface area is 159 Å². The van der Waals surface area contributed by atoms with Gasteiger partial charge in [0.2, 0.25) is 0 Å². The molecule has 0 saturated carbocycles. The van der Waals surface area contributed by atoms with Gasteiger partial charge in [0, 0.05) is 32.3 Å². The fraction of sp³-hybridized carbons (Fsp3) is 0.500. The van der Waals surface area contributed by atoms with E-state index in [1.165, 1.54) is 0 Å². The number of guanidine groups is 1. The van der Waals surface area contributed by atoms with Crippen molar-refractivity contribution in [2.24, 2.45) is 4.99 Å².